The molecular formula is C9H11FNO. The summed E-state index contributed by atoms with van der Waals surface area (Å²) in [6.07, 6.45) is 0. The van der Waals surface area contributed by atoms with Crippen molar-refractivity contribution < 1.29 is 9.50 Å². The van der Waals surface area contributed by atoms with Crippen molar-refractivity contribution in [3.8, 4) is 0 Å². The SMILES string of the molecule is [CH2]C(O)(F)c1cccc(CN)c1. The van der Waals surface area contributed by atoms with Crippen LogP contribution in [0.25, 0.3) is 0 Å². The highest BCUT2D eigenvalue weighted by Crippen LogP contribution is 2.21. The van der Waals surface area contributed by atoms with E-state index in [1.165, 1.54) is 12.1 Å². The van der Waals surface area contributed by atoms with Gasteiger partial charge in [-0.2, -0.15) is 0 Å². The van der Waals surface area contributed by atoms with Gasteiger partial charge < -0.3 is 10.8 Å². The van der Waals surface area contributed by atoms with Crippen molar-refractivity contribution in [1.29, 1.82) is 0 Å². The second-order valence-corrected chi connectivity index (χ2v) is 2.66. The molecule has 0 heterocycles. The summed E-state index contributed by atoms with van der Waals surface area (Å²) < 4.78 is 12.8. The van der Waals surface area contributed by atoms with E-state index in [2.05, 4.69) is 6.92 Å². The highest BCUT2D eigenvalue weighted by Gasteiger charge is 2.21. The Balaban J connectivity index is 3.02. The molecule has 1 aromatic carbocycles. The number of rotatable bonds is 2. The maximum atomic E-state index is 12.8. The van der Waals surface area contributed by atoms with Crippen molar-refractivity contribution in [3.63, 3.8) is 0 Å². The average Bonchev–Trinajstić information content (AvgIpc) is 2.03. The van der Waals surface area contributed by atoms with Gasteiger partial charge in [-0.25, -0.2) is 4.39 Å². The maximum absolute atomic E-state index is 12.8. The summed E-state index contributed by atoms with van der Waals surface area (Å²) in [4.78, 5) is 0. The third kappa shape index (κ3) is 2.03. The van der Waals surface area contributed by atoms with Crippen LogP contribution in [0.4, 0.5) is 4.39 Å². The quantitative estimate of drug-likeness (QED) is 0.694. The minimum absolute atomic E-state index is 0.130. The van der Waals surface area contributed by atoms with Crippen molar-refractivity contribution >= 4 is 0 Å². The molecule has 65 valence electrons. The summed E-state index contributed by atoms with van der Waals surface area (Å²) >= 11 is 0. The van der Waals surface area contributed by atoms with E-state index in [0.717, 1.165) is 5.56 Å². The predicted molar refractivity (Wildman–Crippen MR) is 44.7 cm³/mol. The number of nitrogens with two attached hydrogens (primary N) is 1. The first-order valence-corrected chi connectivity index (χ1v) is 3.60. The first-order valence-electron chi connectivity index (χ1n) is 3.60. The van der Waals surface area contributed by atoms with E-state index in [4.69, 9.17) is 10.8 Å². The van der Waals surface area contributed by atoms with Gasteiger partial charge in [0.25, 0.3) is 0 Å². The lowest BCUT2D eigenvalue weighted by molar-refractivity contribution is -0.0500. The second kappa shape index (κ2) is 3.21. The van der Waals surface area contributed by atoms with Crippen molar-refractivity contribution in [3.05, 3.63) is 42.3 Å². The molecule has 12 heavy (non-hydrogen) atoms. The molecule has 0 aliphatic carbocycles. The van der Waals surface area contributed by atoms with Crippen LogP contribution in [0.15, 0.2) is 24.3 Å². The molecule has 0 aliphatic heterocycles. The highest BCUT2D eigenvalue weighted by molar-refractivity contribution is 5.27. The van der Waals surface area contributed by atoms with Gasteiger partial charge in [0.1, 0.15) is 0 Å². The van der Waals surface area contributed by atoms with Gasteiger partial charge >= 0.3 is 0 Å². The summed E-state index contributed by atoms with van der Waals surface area (Å²) in [5.74, 6) is -2.52. The molecule has 0 aliphatic rings. The topological polar surface area (TPSA) is 46.2 Å². The third-order valence-corrected chi connectivity index (χ3v) is 1.61. The average molecular weight is 168 g/mol. The van der Waals surface area contributed by atoms with Gasteiger partial charge in [0.15, 0.2) is 0 Å². The molecule has 0 saturated carbocycles. The van der Waals surface area contributed by atoms with E-state index in [9.17, 15) is 4.39 Å². The Kier molecular flexibility index (Phi) is 2.45. The first-order chi connectivity index (χ1) is 5.54. The smallest absolute Gasteiger partial charge is 0.233 e. The predicted octanol–water partition coefficient (Wildman–Crippen LogP) is 1.09. The number of halogens is 1. The van der Waals surface area contributed by atoms with E-state index in [0.29, 0.717) is 6.54 Å². The third-order valence-electron chi connectivity index (χ3n) is 1.61. The minimum Gasteiger partial charge on any atom is -0.358 e. The van der Waals surface area contributed by atoms with Gasteiger partial charge in [-0.3, -0.25) is 0 Å². The Morgan fingerprint density at radius 1 is 1.58 bits per heavy atom. The molecule has 2 nitrogen and oxygen atoms in total. The van der Waals surface area contributed by atoms with Crippen LogP contribution in [-0.2, 0) is 12.4 Å². The Morgan fingerprint density at radius 3 is 2.75 bits per heavy atom. The van der Waals surface area contributed by atoms with E-state index < -0.39 is 5.85 Å². The van der Waals surface area contributed by atoms with Gasteiger partial charge in [-0.1, -0.05) is 18.2 Å². The molecule has 3 heteroatoms. The zero-order chi connectivity index (χ0) is 9.19. The molecule has 3 N–H and O–H groups in total. The van der Waals surface area contributed by atoms with E-state index in [-0.39, 0.29) is 5.56 Å². The van der Waals surface area contributed by atoms with Gasteiger partial charge in [0.2, 0.25) is 5.85 Å². The van der Waals surface area contributed by atoms with E-state index >= 15 is 0 Å². The second-order valence-electron chi connectivity index (χ2n) is 2.66. The standard InChI is InChI=1S/C9H11FNO/c1-9(10,12)8-4-2-3-7(5-8)6-11/h2-5,12H,1,6,11H2. The zero-order valence-corrected chi connectivity index (χ0v) is 6.63. The Bertz CT molecular complexity index is 267. The summed E-state index contributed by atoms with van der Waals surface area (Å²) in [6, 6.07) is 6.35. The van der Waals surface area contributed by atoms with Gasteiger partial charge in [-0.15, -0.1) is 0 Å². The molecule has 0 amide bonds. The number of benzene rings is 1. The van der Waals surface area contributed by atoms with E-state index in [1.54, 1.807) is 12.1 Å². The zero-order valence-electron chi connectivity index (χ0n) is 6.63. The molecule has 1 atom stereocenters. The summed E-state index contributed by atoms with van der Waals surface area (Å²) in [6.45, 7) is 3.29. The van der Waals surface area contributed by atoms with Crippen molar-refractivity contribution in [1.82, 2.24) is 0 Å². The first kappa shape index (κ1) is 9.16. The fraction of sp³-hybridized carbons (Fsp3) is 0.222. The molecule has 1 radical (unpaired) electrons. The number of hydrogen-bond acceptors (Lipinski definition) is 2. The van der Waals surface area contributed by atoms with Crippen molar-refractivity contribution in [2.45, 2.75) is 12.4 Å². The summed E-state index contributed by atoms with van der Waals surface area (Å²) in [5.41, 5.74) is 6.24. The molecule has 0 fully saturated rings. The number of aliphatic hydroxyl groups is 1. The molecule has 1 aromatic rings. The largest absolute Gasteiger partial charge is 0.358 e. The fourth-order valence-corrected chi connectivity index (χ4v) is 0.937. The van der Waals surface area contributed by atoms with Gasteiger partial charge in [-0.05, 0) is 11.6 Å². The lowest BCUT2D eigenvalue weighted by Crippen LogP contribution is -2.14. The van der Waals surface area contributed by atoms with Crippen LogP contribution >= 0.6 is 0 Å². The van der Waals surface area contributed by atoms with Crippen LogP contribution in [0.5, 0.6) is 0 Å². The minimum atomic E-state index is -2.52. The van der Waals surface area contributed by atoms with Crippen LogP contribution in [-0.4, -0.2) is 5.11 Å². The molecule has 1 rings (SSSR count). The highest BCUT2D eigenvalue weighted by atomic mass is 19.2. The van der Waals surface area contributed by atoms with Gasteiger partial charge in [0.05, 0.1) is 0 Å². The van der Waals surface area contributed by atoms with Crippen LogP contribution < -0.4 is 5.73 Å². The van der Waals surface area contributed by atoms with Crippen molar-refractivity contribution in [2.75, 3.05) is 0 Å². The van der Waals surface area contributed by atoms with Gasteiger partial charge in [0, 0.05) is 19.0 Å². The molecular weight excluding hydrogens is 157 g/mol. The lowest BCUT2D eigenvalue weighted by Gasteiger charge is -2.13. The molecule has 0 aromatic heterocycles. The summed E-state index contributed by atoms with van der Waals surface area (Å²) in [5, 5.41) is 8.89. The molecule has 1 unspecified atom stereocenters. The fourth-order valence-electron chi connectivity index (χ4n) is 0.937. The van der Waals surface area contributed by atoms with Crippen LogP contribution in [0.1, 0.15) is 11.1 Å². The van der Waals surface area contributed by atoms with Crippen molar-refractivity contribution in [2.24, 2.45) is 5.73 Å². The monoisotopic (exact) mass is 168 g/mol. The maximum Gasteiger partial charge on any atom is 0.233 e. The Labute approximate surface area is 70.8 Å². The number of alkyl halides is 1. The Hall–Kier alpha value is -0.930. The van der Waals surface area contributed by atoms with Crippen LogP contribution in [0.3, 0.4) is 0 Å². The summed E-state index contributed by atoms with van der Waals surface area (Å²) in [7, 11) is 0. The van der Waals surface area contributed by atoms with E-state index in [1.807, 2.05) is 0 Å². The Morgan fingerprint density at radius 2 is 2.25 bits per heavy atom. The molecule has 0 bridgehead atoms. The van der Waals surface area contributed by atoms with Crippen LogP contribution in [0, 0.1) is 6.92 Å². The molecule has 0 spiro atoms. The van der Waals surface area contributed by atoms with Crippen LogP contribution in [0.2, 0.25) is 0 Å². The normalized spacial score (nSPS) is 15.7. The lowest BCUT2D eigenvalue weighted by atomic mass is 10.1. The number of hydrogen-bond donors (Lipinski definition) is 2. The molecule has 0 saturated heterocycles.